The summed E-state index contributed by atoms with van der Waals surface area (Å²) in [6.07, 6.45) is 3.77. The fourth-order valence-electron chi connectivity index (χ4n) is 3.46. The van der Waals surface area contributed by atoms with Gasteiger partial charge in [0.2, 0.25) is 5.95 Å². The molecule has 1 saturated heterocycles. The van der Waals surface area contributed by atoms with E-state index in [-0.39, 0.29) is 5.56 Å². The minimum absolute atomic E-state index is 0.102. The number of benzene rings is 1. The Balaban J connectivity index is 1.84. The molecule has 2 heterocycles. The molecule has 4 rings (SSSR count). The third kappa shape index (κ3) is 1.61. The maximum Gasteiger partial charge on any atom is 0.260 e. The average molecular weight is 256 g/mol. The number of anilines is 2. The summed E-state index contributed by atoms with van der Waals surface area (Å²) in [5.41, 5.74) is 6.92. The van der Waals surface area contributed by atoms with Crippen LogP contribution in [0.2, 0.25) is 0 Å². The van der Waals surface area contributed by atoms with Crippen molar-refractivity contribution >= 4 is 22.5 Å². The van der Waals surface area contributed by atoms with Crippen molar-refractivity contribution in [1.82, 2.24) is 9.97 Å². The number of nitrogens with one attached hydrogen (secondary N) is 1. The molecule has 3 N–H and O–H groups in total. The topological polar surface area (TPSA) is 75.0 Å². The van der Waals surface area contributed by atoms with E-state index in [1.165, 1.54) is 19.3 Å². The molecule has 2 fully saturated rings. The molecule has 1 aromatic carbocycles. The molecule has 1 aromatic heterocycles. The lowest BCUT2D eigenvalue weighted by Crippen LogP contribution is -2.34. The molecule has 0 radical (unpaired) electrons. The van der Waals surface area contributed by atoms with Crippen LogP contribution in [0.5, 0.6) is 0 Å². The molecule has 1 saturated carbocycles. The van der Waals surface area contributed by atoms with Crippen LogP contribution in [0.4, 0.5) is 11.6 Å². The van der Waals surface area contributed by atoms with E-state index in [0.717, 1.165) is 23.9 Å². The molecule has 5 nitrogen and oxygen atoms in total. The van der Waals surface area contributed by atoms with Crippen molar-refractivity contribution in [3.8, 4) is 0 Å². The Morgan fingerprint density at radius 1 is 1.37 bits per heavy atom. The van der Waals surface area contributed by atoms with Crippen LogP contribution in [-0.2, 0) is 0 Å². The van der Waals surface area contributed by atoms with E-state index >= 15 is 0 Å². The minimum Gasteiger partial charge on any atom is -0.399 e. The highest BCUT2D eigenvalue weighted by Crippen LogP contribution is 2.38. The van der Waals surface area contributed by atoms with Gasteiger partial charge < -0.3 is 10.6 Å². The number of hydrogen-bond acceptors (Lipinski definition) is 4. The number of nitrogens with zero attached hydrogens (tertiary/aromatic N) is 2. The van der Waals surface area contributed by atoms with Crippen molar-refractivity contribution < 1.29 is 0 Å². The highest BCUT2D eigenvalue weighted by Gasteiger charge is 2.38. The van der Waals surface area contributed by atoms with Gasteiger partial charge in [-0.2, -0.15) is 0 Å². The Morgan fingerprint density at radius 2 is 2.26 bits per heavy atom. The monoisotopic (exact) mass is 256 g/mol. The molecule has 19 heavy (non-hydrogen) atoms. The van der Waals surface area contributed by atoms with Gasteiger partial charge in [-0.3, -0.25) is 9.78 Å². The quantitative estimate of drug-likeness (QED) is 0.758. The van der Waals surface area contributed by atoms with Crippen LogP contribution in [0, 0.1) is 5.92 Å². The Hall–Kier alpha value is -2.04. The third-order valence-corrected chi connectivity index (χ3v) is 4.40. The Labute approximate surface area is 110 Å². The summed E-state index contributed by atoms with van der Waals surface area (Å²) in [5, 5.41) is 0.563. The zero-order valence-electron chi connectivity index (χ0n) is 10.6. The number of fused-ring (bicyclic) bond motifs is 3. The van der Waals surface area contributed by atoms with Crippen molar-refractivity contribution in [1.29, 1.82) is 0 Å². The van der Waals surface area contributed by atoms with E-state index in [1.807, 2.05) is 6.07 Å². The van der Waals surface area contributed by atoms with Gasteiger partial charge in [-0.15, -0.1) is 0 Å². The first kappa shape index (κ1) is 10.8. The summed E-state index contributed by atoms with van der Waals surface area (Å²) < 4.78 is 0. The Bertz CT molecular complexity index is 708. The van der Waals surface area contributed by atoms with Crippen molar-refractivity contribution in [3.05, 3.63) is 28.6 Å². The molecule has 2 aromatic rings. The molecular formula is C14H16N4O. The smallest absolute Gasteiger partial charge is 0.260 e. The van der Waals surface area contributed by atoms with E-state index in [4.69, 9.17) is 5.73 Å². The number of aromatic amines is 1. The van der Waals surface area contributed by atoms with E-state index < -0.39 is 0 Å². The normalized spacial score (nSPS) is 25.4. The van der Waals surface area contributed by atoms with Crippen molar-refractivity contribution in [2.24, 2.45) is 5.92 Å². The number of H-pyrrole nitrogens is 1. The van der Waals surface area contributed by atoms with Gasteiger partial charge in [0.15, 0.2) is 0 Å². The summed E-state index contributed by atoms with van der Waals surface area (Å²) in [6.45, 7) is 1.02. The van der Waals surface area contributed by atoms with Crippen LogP contribution in [-0.4, -0.2) is 22.6 Å². The highest BCUT2D eigenvalue weighted by molar-refractivity contribution is 5.81. The molecule has 2 aliphatic rings. The van der Waals surface area contributed by atoms with Crippen LogP contribution in [0.1, 0.15) is 19.3 Å². The summed E-state index contributed by atoms with van der Waals surface area (Å²) in [5.74, 6) is 1.49. The average Bonchev–Trinajstić information content (AvgIpc) is 3.02. The van der Waals surface area contributed by atoms with Crippen LogP contribution < -0.4 is 16.2 Å². The molecular weight excluding hydrogens is 240 g/mol. The second-order valence-electron chi connectivity index (χ2n) is 5.65. The Kier molecular flexibility index (Phi) is 2.13. The molecule has 2 atom stereocenters. The number of nitrogen functional groups attached to an aromatic ring is 1. The number of aromatic nitrogens is 2. The van der Waals surface area contributed by atoms with Crippen molar-refractivity contribution in [3.63, 3.8) is 0 Å². The van der Waals surface area contributed by atoms with Crippen LogP contribution in [0.15, 0.2) is 23.0 Å². The lowest BCUT2D eigenvalue weighted by Gasteiger charge is -2.27. The van der Waals surface area contributed by atoms with Crippen LogP contribution >= 0.6 is 0 Å². The lowest BCUT2D eigenvalue weighted by molar-refractivity contribution is 0.547. The molecule has 1 aliphatic carbocycles. The molecule has 0 amide bonds. The van der Waals surface area contributed by atoms with Crippen molar-refractivity contribution in [2.45, 2.75) is 25.3 Å². The SMILES string of the molecule is Nc1ccc2nc(N3CC4CCC3C4)[nH]c(=O)c2c1. The molecule has 98 valence electrons. The number of nitrogens with two attached hydrogens (primary N) is 1. The zero-order chi connectivity index (χ0) is 13.0. The summed E-state index contributed by atoms with van der Waals surface area (Å²) >= 11 is 0. The van der Waals surface area contributed by atoms with Crippen molar-refractivity contribution in [2.75, 3.05) is 17.2 Å². The summed E-state index contributed by atoms with van der Waals surface area (Å²) in [7, 11) is 0. The first-order valence-electron chi connectivity index (χ1n) is 6.77. The van der Waals surface area contributed by atoms with Crippen LogP contribution in [0.3, 0.4) is 0 Å². The largest absolute Gasteiger partial charge is 0.399 e. The molecule has 1 aliphatic heterocycles. The van der Waals surface area contributed by atoms with E-state index in [0.29, 0.717) is 17.1 Å². The molecule has 0 spiro atoms. The third-order valence-electron chi connectivity index (χ3n) is 4.40. The fraction of sp³-hybridized carbons (Fsp3) is 0.429. The zero-order valence-corrected chi connectivity index (χ0v) is 10.6. The first-order chi connectivity index (χ1) is 9.20. The minimum atomic E-state index is -0.102. The van der Waals surface area contributed by atoms with E-state index in [1.54, 1.807) is 12.1 Å². The van der Waals surface area contributed by atoms with E-state index in [2.05, 4.69) is 14.9 Å². The van der Waals surface area contributed by atoms with Gasteiger partial charge in [-0.05, 0) is 43.4 Å². The number of hydrogen-bond donors (Lipinski definition) is 2. The van der Waals surface area contributed by atoms with Crippen LogP contribution in [0.25, 0.3) is 10.9 Å². The fourth-order valence-corrected chi connectivity index (χ4v) is 3.46. The van der Waals surface area contributed by atoms with E-state index in [9.17, 15) is 4.79 Å². The van der Waals surface area contributed by atoms with Gasteiger partial charge in [0.05, 0.1) is 10.9 Å². The lowest BCUT2D eigenvalue weighted by atomic mass is 10.1. The highest BCUT2D eigenvalue weighted by atomic mass is 16.1. The first-order valence-corrected chi connectivity index (χ1v) is 6.77. The maximum absolute atomic E-state index is 12.1. The van der Waals surface area contributed by atoms with Gasteiger partial charge in [0.1, 0.15) is 0 Å². The molecule has 2 unspecified atom stereocenters. The number of rotatable bonds is 1. The predicted molar refractivity (Wildman–Crippen MR) is 75.3 cm³/mol. The second-order valence-corrected chi connectivity index (χ2v) is 5.65. The van der Waals surface area contributed by atoms with Gasteiger partial charge in [0.25, 0.3) is 5.56 Å². The Morgan fingerprint density at radius 3 is 3.00 bits per heavy atom. The predicted octanol–water partition coefficient (Wildman–Crippen LogP) is 1.49. The van der Waals surface area contributed by atoms with Gasteiger partial charge in [-0.25, -0.2) is 4.98 Å². The van der Waals surface area contributed by atoms with Gasteiger partial charge in [-0.1, -0.05) is 0 Å². The standard InChI is InChI=1S/C14H16N4O/c15-9-2-4-12-11(6-9)13(19)17-14(16-12)18-7-8-1-3-10(18)5-8/h2,4,6,8,10H,1,3,5,7,15H2,(H,16,17,19). The van der Waals surface area contributed by atoms with Gasteiger partial charge >= 0.3 is 0 Å². The maximum atomic E-state index is 12.1. The molecule has 5 heteroatoms. The number of piperidine rings is 1. The van der Waals surface area contributed by atoms with Gasteiger partial charge in [0, 0.05) is 18.3 Å². The second kappa shape index (κ2) is 3.73. The summed E-state index contributed by atoms with van der Waals surface area (Å²) in [4.78, 5) is 21.9. The molecule has 2 bridgehead atoms. The summed E-state index contributed by atoms with van der Waals surface area (Å²) in [6, 6.07) is 5.84.